The van der Waals surface area contributed by atoms with Crippen molar-refractivity contribution in [3.05, 3.63) is 47.9 Å². The topological polar surface area (TPSA) is 33.0 Å². The van der Waals surface area contributed by atoms with E-state index in [4.69, 9.17) is 10.00 Å². The number of nitriles is 1. The van der Waals surface area contributed by atoms with Gasteiger partial charge >= 0.3 is 0 Å². The van der Waals surface area contributed by atoms with E-state index in [2.05, 4.69) is 12.6 Å². The maximum absolute atomic E-state index is 9.05. The summed E-state index contributed by atoms with van der Waals surface area (Å²) >= 11 is 0. The van der Waals surface area contributed by atoms with Crippen LogP contribution in [0.5, 0.6) is 5.75 Å². The SMILES string of the molecule is C=C[C](C)c1ccc(OC(C)C)c(C#N)c1. The quantitative estimate of drug-likeness (QED) is 0.768. The summed E-state index contributed by atoms with van der Waals surface area (Å²) in [4.78, 5) is 0. The van der Waals surface area contributed by atoms with Crippen LogP contribution in [0.15, 0.2) is 30.9 Å². The summed E-state index contributed by atoms with van der Waals surface area (Å²) in [5.41, 5.74) is 1.56. The number of ether oxygens (including phenoxy) is 1. The lowest BCUT2D eigenvalue weighted by Crippen LogP contribution is -2.07. The van der Waals surface area contributed by atoms with Crippen molar-refractivity contribution in [3.8, 4) is 11.8 Å². The highest BCUT2D eigenvalue weighted by Gasteiger charge is 2.09. The van der Waals surface area contributed by atoms with Crippen LogP contribution in [0.3, 0.4) is 0 Å². The molecule has 0 aliphatic rings. The summed E-state index contributed by atoms with van der Waals surface area (Å²) in [6.45, 7) is 9.56. The van der Waals surface area contributed by atoms with E-state index in [1.165, 1.54) is 0 Å². The summed E-state index contributed by atoms with van der Waals surface area (Å²) in [6, 6.07) is 7.75. The number of benzene rings is 1. The minimum Gasteiger partial charge on any atom is -0.490 e. The van der Waals surface area contributed by atoms with Crippen molar-refractivity contribution < 1.29 is 4.74 Å². The number of allylic oxidation sites excluding steroid dienone is 1. The van der Waals surface area contributed by atoms with Crippen LogP contribution in [0, 0.1) is 17.2 Å². The third kappa shape index (κ3) is 2.87. The van der Waals surface area contributed by atoms with E-state index in [0.717, 1.165) is 11.5 Å². The van der Waals surface area contributed by atoms with Crippen molar-refractivity contribution in [2.75, 3.05) is 0 Å². The van der Waals surface area contributed by atoms with Gasteiger partial charge in [-0.15, -0.1) is 6.58 Å². The minimum atomic E-state index is 0.0717. The molecule has 0 aliphatic heterocycles. The van der Waals surface area contributed by atoms with Gasteiger partial charge in [0, 0.05) is 5.92 Å². The molecule has 0 spiro atoms. The monoisotopic (exact) mass is 214 g/mol. The van der Waals surface area contributed by atoms with Gasteiger partial charge in [0.05, 0.1) is 11.7 Å². The zero-order valence-electron chi connectivity index (χ0n) is 9.95. The molecule has 0 aliphatic carbocycles. The van der Waals surface area contributed by atoms with Crippen molar-refractivity contribution in [2.45, 2.75) is 26.9 Å². The van der Waals surface area contributed by atoms with Crippen molar-refractivity contribution in [1.29, 1.82) is 5.26 Å². The van der Waals surface area contributed by atoms with Crippen LogP contribution in [0.1, 0.15) is 31.9 Å². The Kier molecular flexibility index (Phi) is 4.13. The molecular formula is C14H16NO. The van der Waals surface area contributed by atoms with Crippen LogP contribution >= 0.6 is 0 Å². The Bertz CT molecular complexity index is 415. The van der Waals surface area contributed by atoms with Crippen LogP contribution in [0.25, 0.3) is 0 Å². The smallest absolute Gasteiger partial charge is 0.137 e. The molecule has 0 saturated carbocycles. The highest BCUT2D eigenvalue weighted by atomic mass is 16.5. The van der Waals surface area contributed by atoms with Crippen molar-refractivity contribution in [2.24, 2.45) is 0 Å². The molecule has 1 aromatic carbocycles. The fraction of sp³-hybridized carbons (Fsp3) is 0.286. The fourth-order valence-corrected chi connectivity index (χ4v) is 1.34. The van der Waals surface area contributed by atoms with E-state index in [9.17, 15) is 0 Å². The molecule has 1 radical (unpaired) electrons. The summed E-state index contributed by atoms with van der Waals surface area (Å²) in [5.74, 6) is 1.69. The summed E-state index contributed by atoms with van der Waals surface area (Å²) in [5, 5.41) is 9.05. The lowest BCUT2D eigenvalue weighted by atomic mass is 9.99. The Balaban J connectivity index is 3.07. The molecule has 0 saturated heterocycles. The predicted octanol–water partition coefficient (Wildman–Crippen LogP) is 3.47. The minimum absolute atomic E-state index is 0.0717. The van der Waals surface area contributed by atoms with Gasteiger partial charge < -0.3 is 4.74 Å². The number of nitrogens with zero attached hydrogens (tertiary/aromatic N) is 1. The number of rotatable bonds is 4. The van der Waals surface area contributed by atoms with E-state index >= 15 is 0 Å². The molecule has 0 aromatic heterocycles. The molecule has 0 unspecified atom stereocenters. The predicted molar refractivity (Wildman–Crippen MR) is 65.1 cm³/mol. The molecule has 0 atom stereocenters. The third-order valence-electron chi connectivity index (χ3n) is 2.22. The number of hydrogen-bond donors (Lipinski definition) is 0. The highest BCUT2D eigenvalue weighted by molar-refractivity contribution is 5.49. The zero-order chi connectivity index (χ0) is 12.1. The van der Waals surface area contributed by atoms with Crippen LogP contribution in [0.4, 0.5) is 0 Å². The van der Waals surface area contributed by atoms with E-state index in [1.807, 2.05) is 39.0 Å². The average Bonchev–Trinajstić information content (AvgIpc) is 2.27. The first-order valence-corrected chi connectivity index (χ1v) is 5.25. The van der Waals surface area contributed by atoms with Crippen molar-refractivity contribution >= 4 is 0 Å². The van der Waals surface area contributed by atoms with E-state index in [0.29, 0.717) is 11.3 Å². The Morgan fingerprint density at radius 2 is 2.19 bits per heavy atom. The van der Waals surface area contributed by atoms with Gasteiger partial charge in [0.2, 0.25) is 0 Å². The third-order valence-corrected chi connectivity index (χ3v) is 2.22. The second kappa shape index (κ2) is 5.37. The molecule has 83 valence electrons. The van der Waals surface area contributed by atoms with Crippen LogP contribution < -0.4 is 4.74 Å². The first-order chi connectivity index (χ1) is 7.58. The second-order valence-corrected chi connectivity index (χ2v) is 3.88. The normalized spacial score (nSPS) is 10.2. The lowest BCUT2D eigenvalue weighted by Gasteiger charge is -2.13. The Hall–Kier alpha value is -1.75. The number of hydrogen-bond acceptors (Lipinski definition) is 2. The van der Waals surface area contributed by atoms with Crippen LogP contribution in [0.2, 0.25) is 0 Å². The Morgan fingerprint density at radius 3 is 2.69 bits per heavy atom. The summed E-state index contributed by atoms with van der Waals surface area (Å²) < 4.78 is 5.55. The molecule has 0 N–H and O–H groups in total. The standard InChI is InChI=1S/C14H16NO/c1-5-11(4)12-6-7-14(16-10(2)3)13(8-12)9-15/h5-8,10H,1H2,2-4H3. The summed E-state index contributed by atoms with van der Waals surface area (Å²) in [7, 11) is 0. The van der Waals surface area contributed by atoms with Gasteiger partial charge in [0.25, 0.3) is 0 Å². The zero-order valence-corrected chi connectivity index (χ0v) is 9.95. The Morgan fingerprint density at radius 1 is 1.50 bits per heavy atom. The van der Waals surface area contributed by atoms with E-state index in [1.54, 1.807) is 6.08 Å². The van der Waals surface area contributed by atoms with Crippen molar-refractivity contribution in [1.82, 2.24) is 0 Å². The molecule has 0 heterocycles. The maximum Gasteiger partial charge on any atom is 0.137 e. The van der Waals surface area contributed by atoms with Gasteiger partial charge in [-0.2, -0.15) is 5.26 Å². The molecule has 0 amide bonds. The van der Waals surface area contributed by atoms with E-state index in [-0.39, 0.29) is 6.10 Å². The molecule has 0 bridgehead atoms. The molecule has 2 heteroatoms. The van der Waals surface area contributed by atoms with Gasteiger partial charge in [-0.05, 0) is 31.5 Å². The van der Waals surface area contributed by atoms with Gasteiger partial charge in [-0.25, -0.2) is 0 Å². The highest BCUT2D eigenvalue weighted by Crippen LogP contribution is 2.24. The van der Waals surface area contributed by atoms with Gasteiger partial charge in [-0.3, -0.25) is 0 Å². The molecule has 1 rings (SSSR count). The molecule has 0 fully saturated rings. The molecule has 2 nitrogen and oxygen atoms in total. The average molecular weight is 214 g/mol. The second-order valence-electron chi connectivity index (χ2n) is 3.88. The first-order valence-electron chi connectivity index (χ1n) is 5.25. The first kappa shape index (κ1) is 12.3. The Labute approximate surface area is 97.2 Å². The molecule has 16 heavy (non-hydrogen) atoms. The van der Waals surface area contributed by atoms with Gasteiger partial charge in [0.15, 0.2) is 0 Å². The van der Waals surface area contributed by atoms with E-state index < -0.39 is 0 Å². The van der Waals surface area contributed by atoms with Crippen LogP contribution in [-0.4, -0.2) is 6.10 Å². The lowest BCUT2D eigenvalue weighted by molar-refractivity contribution is 0.241. The molecule has 1 aromatic rings. The summed E-state index contributed by atoms with van der Waals surface area (Å²) in [6.07, 6.45) is 1.85. The van der Waals surface area contributed by atoms with Crippen molar-refractivity contribution in [3.63, 3.8) is 0 Å². The van der Waals surface area contributed by atoms with Crippen LogP contribution in [-0.2, 0) is 0 Å². The van der Waals surface area contributed by atoms with Gasteiger partial charge in [-0.1, -0.05) is 19.1 Å². The van der Waals surface area contributed by atoms with Gasteiger partial charge in [0.1, 0.15) is 11.8 Å². The molecular weight excluding hydrogens is 198 g/mol. The maximum atomic E-state index is 9.05. The largest absolute Gasteiger partial charge is 0.490 e. The fourth-order valence-electron chi connectivity index (χ4n) is 1.34.